The molecule has 176 valence electrons. The van der Waals surface area contributed by atoms with E-state index in [1.807, 2.05) is 37.3 Å². The summed E-state index contributed by atoms with van der Waals surface area (Å²) < 4.78 is 0. The number of amides is 2. The van der Waals surface area contributed by atoms with Gasteiger partial charge < -0.3 is 15.3 Å². The van der Waals surface area contributed by atoms with Gasteiger partial charge in [0, 0.05) is 30.5 Å². The second-order valence-corrected chi connectivity index (χ2v) is 10.8. The van der Waals surface area contributed by atoms with Gasteiger partial charge in [0.25, 0.3) is 11.8 Å². The zero-order valence-electron chi connectivity index (χ0n) is 19.5. The third-order valence-electron chi connectivity index (χ3n) is 5.39. The van der Waals surface area contributed by atoms with Crippen molar-refractivity contribution < 1.29 is 14.7 Å². The number of hydrogen-bond acceptors (Lipinski definition) is 7. The first-order chi connectivity index (χ1) is 16.1. The number of fused-ring (bicyclic) bond motifs is 1. The summed E-state index contributed by atoms with van der Waals surface area (Å²) in [6, 6.07) is 9.25. The van der Waals surface area contributed by atoms with E-state index < -0.39 is 11.6 Å². The molecule has 2 amide bonds. The van der Waals surface area contributed by atoms with E-state index in [-0.39, 0.29) is 11.8 Å². The third-order valence-corrected chi connectivity index (χ3v) is 8.09. The van der Waals surface area contributed by atoms with Crippen LogP contribution in [0.25, 0.3) is 0 Å². The molecular formula is C25H26N4O3S2. The highest BCUT2D eigenvalue weighted by Crippen LogP contribution is 2.44. The van der Waals surface area contributed by atoms with E-state index >= 15 is 0 Å². The Morgan fingerprint density at radius 3 is 2.74 bits per heavy atom. The molecule has 2 aliphatic rings. The van der Waals surface area contributed by atoms with Gasteiger partial charge in [-0.1, -0.05) is 42.2 Å². The number of thioether (sulfide) groups is 1. The van der Waals surface area contributed by atoms with Gasteiger partial charge in [-0.15, -0.1) is 28.2 Å². The van der Waals surface area contributed by atoms with Crippen LogP contribution in [-0.2, 0) is 16.0 Å². The lowest BCUT2D eigenvalue weighted by atomic mass is 10.0. The van der Waals surface area contributed by atoms with E-state index in [1.54, 1.807) is 25.8 Å². The van der Waals surface area contributed by atoms with Crippen molar-refractivity contribution in [3.05, 3.63) is 46.3 Å². The van der Waals surface area contributed by atoms with E-state index in [2.05, 4.69) is 27.4 Å². The first kappa shape index (κ1) is 24.2. The van der Waals surface area contributed by atoms with Gasteiger partial charge in [0.1, 0.15) is 22.4 Å². The number of carbonyl (C=O) groups is 2. The molecule has 7 nitrogen and oxygen atoms in total. The molecular weight excluding hydrogens is 468 g/mol. The van der Waals surface area contributed by atoms with Gasteiger partial charge in [0.15, 0.2) is 0 Å². The van der Waals surface area contributed by atoms with Crippen LogP contribution < -0.4 is 10.2 Å². The van der Waals surface area contributed by atoms with Gasteiger partial charge in [-0.05, 0) is 31.9 Å². The number of nitrogens with one attached hydrogen (secondary N) is 1. The summed E-state index contributed by atoms with van der Waals surface area (Å²) in [7, 11) is 1.71. The Bertz CT molecular complexity index is 1250. The van der Waals surface area contributed by atoms with Crippen LogP contribution in [-0.4, -0.2) is 52.8 Å². The molecule has 0 spiro atoms. The summed E-state index contributed by atoms with van der Waals surface area (Å²) in [6.45, 7) is 5.23. The molecule has 0 saturated carbocycles. The fourth-order valence-corrected chi connectivity index (χ4v) is 6.10. The Hall–Kier alpha value is -2.93. The van der Waals surface area contributed by atoms with E-state index in [9.17, 15) is 14.7 Å². The van der Waals surface area contributed by atoms with Crippen LogP contribution in [0.4, 0.5) is 5.00 Å². The molecule has 1 atom stereocenters. The predicted octanol–water partition coefficient (Wildman–Crippen LogP) is 3.18. The lowest BCUT2D eigenvalue weighted by molar-refractivity contribution is -0.123. The molecule has 34 heavy (non-hydrogen) atoms. The van der Waals surface area contributed by atoms with Gasteiger partial charge in [0.05, 0.1) is 10.6 Å². The van der Waals surface area contributed by atoms with Crippen molar-refractivity contribution in [2.45, 2.75) is 50.2 Å². The number of likely N-dealkylation sites (N-methyl/N-ethyl adjacent to an activating group) is 1. The first-order valence-corrected chi connectivity index (χ1v) is 12.7. The van der Waals surface area contributed by atoms with Crippen molar-refractivity contribution in [2.24, 2.45) is 10.2 Å². The highest BCUT2D eigenvalue weighted by molar-refractivity contribution is 7.99. The molecule has 1 aromatic carbocycles. The SMILES string of the molecule is Cc1c(C#CC(C)(C)O)sc2c1SC[C@H](NC(=O)C1=NN=C(Cc3ccccc3)C1)C(=O)N2C. The number of benzene rings is 1. The number of hydrogen-bond donors (Lipinski definition) is 2. The second kappa shape index (κ2) is 9.74. The van der Waals surface area contributed by atoms with Crippen molar-refractivity contribution in [2.75, 3.05) is 17.7 Å². The largest absolute Gasteiger partial charge is 0.378 e. The maximum absolute atomic E-state index is 13.2. The standard InChI is InChI=1S/C25H26N4O3S2/c1-15-20(10-11-25(2,3)32)34-24-21(15)33-14-19(23(31)29(24)4)26-22(30)18-13-17(27-28-18)12-16-8-6-5-7-9-16/h5-9,19,32H,12-14H2,1-4H3,(H,26,30)/t19-/m0/s1. The molecule has 0 bridgehead atoms. The van der Waals surface area contributed by atoms with E-state index in [1.165, 1.54) is 23.1 Å². The quantitative estimate of drug-likeness (QED) is 0.639. The third kappa shape index (κ3) is 5.41. The molecule has 3 heterocycles. The topological polar surface area (TPSA) is 94.4 Å². The molecule has 0 fully saturated rings. The van der Waals surface area contributed by atoms with Crippen LogP contribution in [0.5, 0.6) is 0 Å². The average Bonchev–Trinajstić information content (AvgIpc) is 3.36. The minimum Gasteiger partial charge on any atom is -0.378 e. The van der Waals surface area contributed by atoms with Crippen LogP contribution in [0.2, 0.25) is 0 Å². The van der Waals surface area contributed by atoms with Gasteiger partial charge in [-0.2, -0.15) is 5.10 Å². The Morgan fingerprint density at radius 2 is 2.03 bits per heavy atom. The first-order valence-electron chi connectivity index (χ1n) is 10.9. The lowest BCUT2D eigenvalue weighted by Gasteiger charge is -2.20. The summed E-state index contributed by atoms with van der Waals surface area (Å²) in [4.78, 5) is 29.4. The minimum absolute atomic E-state index is 0.188. The van der Waals surface area contributed by atoms with Crippen molar-refractivity contribution in [1.29, 1.82) is 0 Å². The molecule has 0 aliphatic carbocycles. The number of aliphatic hydroxyl groups is 1. The van der Waals surface area contributed by atoms with Crippen molar-refractivity contribution in [1.82, 2.24) is 5.32 Å². The molecule has 4 rings (SSSR count). The minimum atomic E-state index is -1.09. The van der Waals surface area contributed by atoms with Gasteiger partial charge in [-0.25, -0.2) is 0 Å². The molecule has 9 heteroatoms. The number of anilines is 1. The monoisotopic (exact) mass is 494 g/mol. The average molecular weight is 495 g/mol. The molecule has 1 aromatic heterocycles. The maximum Gasteiger partial charge on any atom is 0.268 e. The van der Waals surface area contributed by atoms with Crippen LogP contribution in [0.1, 0.15) is 36.3 Å². The lowest BCUT2D eigenvalue weighted by Crippen LogP contribution is -2.50. The van der Waals surface area contributed by atoms with Crippen LogP contribution >= 0.6 is 23.1 Å². The Balaban J connectivity index is 1.41. The molecule has 2 aliphatic heterocycles. The number of rotatable bonds is 4. The number of thiophene rings is 1. The summed E-state index contributed by atoms with van der Waals surface area (Å²) in [5.41, 5.74) is 2.15. The van der Waals surface area contributed by atoms with E-state index in [0.717, 1.165) is 31.6 Å². The summed E-state index contributed by atoms with van der Waals surface area (Å²) >= 11 is 2.95. The van der Waals surface area contributed by atoms with Crippen LogP contribution in [0.3, 0.4) is 0 Å². The van der Waals surface area contributed by atoms with Crippen molar-refractivity contribution >= 4 is 51.3 Å². The van der Waals surface area contributed by atoms with Crippen molar-refractivity contribution in [3.63, 3.8) is 0 Å². The fourth-order valence-electron chi connectivity index (χ4n) is 3.57. The molecule has 0 unspecified atom stereocenters. The summed E-state index contributed by atoms with van der Waals surface area (Å²) in [5, 5.41) is 21.8. The van der Waals surface area contributed by atoms with E-state index in [4.69, 9.17) is 0 Å². The fraction of sp³-hybridized carbons (Fsp3) is 0.360. The smallest absolute Gasteiger partial charge is 0.268 e. The molecule has 2 N–H and O–H groups in total. The summed E-state index contributed by atoms with van der Waals surface area (Å²) in [6.07, 6.45) is 1.01. The Morgan fingerprint density at radius 1 is 1.29 bits per heavy atom. The van der Waals surface area contributed by atoms with Crippen LogP contribution in [0, 0.1) is 18.8 Å². The Kier molecular flexibility index (Phi) is 6.94. The number of carbonyl (C=O) groups excluding carboxylic acids is 2. The zero-order valence-corrected chi connectivity index (χ0v) is 21.1. The number of nitrogens with zero attached hydrogens (tertiary/aromatic N) is 3. The van der Waals surface area contributed by atoms with Gasteiger partial charge in [0.2, 0.25) is 0 Å². The molecule has 2 aromatic rings. The highest BCUT2D eigenvalue weighted by atomic mass is 32.2. The van der Waals surface area contributed by atoms with Crippen LogP contribution in [0.15, 0.2) is 45.4 Å². The predicted molar refractivity (Wildman–Crippen MR) is 138 cm³/mol. The molecule has 0 radical (unpaired) electrons. The molecule has 0 saturated heterocycles. The van der Waals surface area contributed by atoms with Crippen molar-refractivity contribution in [3.8, 4) is 11.8 Å². The second-order valence-electron chi connectivity index (χ2n) is 8.79. The normalized spacial score (nSPS) is 17.9. The summed E-state index contributed by atoms with van der Waals surface area (Å²) in [5.74, 6) is 5.73. The highest BCUT2D eigenvalue weighted by Gasteiger charge is 2.34. The van der Waals surface area contributed by atoms with E-state index in [0.29, 0.717) is 24.3 Å². The maximum atomic E-state index is 13.2. The Labute approximate surface area is 207 Å². The van der Waals surface area contributed by atoms with Gasteiger partial charge in [-0.3, -0.25) is 9.59 Å². The zero-order chi connectivity index (χ0) is 24.5. The van der Waals surface area contributed by atoms with Gasteiger partial charge >= 0.3 is 0 Å².